The molecule has 6 nitrogen and oxygen atoms in total. The first-order valence-corrected chi connectivity index (χ1v) is 7.91. The van der Waals surface area contributed by atoms with E-state index in [2.05, 4.69) is 32.2 Å². The van der Waals surface area contributed by atoms with Gasteiger partial charge in [-0.15, -0.1) is 0 Å². The topological polar surface area (TPSA) is 58.9 Å². The monoisotopic (exact) mass is 300 g/mol. The summed E-state index contributed by atoms with van der Waals surface area (Å²) < 4.78 is 1.94. The molecule has 0 bridgehead atoms. The predicted octanol–water partition coefficient (Wildman–Crippen LogP) is 2.29. The van der Waals surface area contributed by atoms with E-state index in [1.54, 1.807) is 0 Å². The Hall–Kier alpha value is -1.95. The number of aryl methyl sites for hydroxylation is 1. The van der Waals surface area contributed by atoms with Gasteiger partial charge >= 0.3 is 0 Å². The summed E-state index contributed by atoms with van der Waals surface area (Å²) in [5.41, 5.74) is 3.65. The molecule has 3 heterocycles. The summed E-state index contributed by atoms with van der Waals surface area (Å²) in [6, 6.07) is 2.41. The van der Waals surface area contributed by atoms with E-state index >= 15 is 0 Å². The molecule has 0 spiro atoms. The number of aromatic nitrogens is 4. The van der Waals surface area contributed by atoms with Crippen molar-refractivity contribution < 1.29 is 0 Å². The molecule has 0 radical (unpaired) electrons. The maximum Gasteiger partial charge on any atom is 0.222 e. The van der Waals surface area contributed by atoms with Crippen LogP contribution in [0.25, 0.3) is 0 Å². The van der Waals surface area contributed by atoms with Crippen LogP contribution in [-0.4, -0.2) is 38.2 Å². The fourth-order valence-corrected chi connectivity index (χ4v) is 3.11. The number of anilines is 1. The zero-order valence-electron chi connectivity index (χ0n) is 13.6. The van der Waals surface area contributed by atoms with Crippen LogP contribution in [0, 0.1) is 6.92 Å². The van der Waals surface area contributed by atoms with Crippen LogP contribution < -0.4 is 5.32 Å². The van der Waals surface area contributed by atoms with Gasteiger partial charge in [0.15, 0.2) is 0 Å². The molecule has 118 valence electrons. The molecule has 22 heavy (non-hydrogen) atoms. The highest BCUT2D eigenvalue weighted by molar-refractivity contribution is 5.25. The second kappa shape index (κ2) is 6.44. The van der Waals surface area contributed by atoms with Crippen molar-refractivity contribution in [3.8, 4) is 0 Å². The summed E-state index contributed by atoms with van der Waals surface area (Å²) in [4.78, 5) is 11.4. The van der Waals surface area contributed by atoms with Crippen LogP contribution in [0.5, 0.6) is 0 Å². The quantitative estimate of drug-likeness (QED) is 0.939. The van der Waals surface area contributed by atoms with Crippen molar-refractivity contribution in [1.29, 1.82) is 0 Å². The molecule has 0 aliphatic carbocycles. The highest BCUT2D eigenvalue weighted by Crippen LogP contribution is 2.31. The van der Waals surface area contributed by atoms with Crippen molar-refractivity contribution in [3.63, 3.8) is 0 Å². The summed E-state index contributed by atoms with van der Waals surface area (Å²) in [7, 11) is 3.85. The van der Waals surface area contributed by atoms with Crippen LogP contribution in [0.15, 0.2) is 18.5 Å². The van der Waals surface area contributed by atoms with Gasteiger partial charge in [0.1, 0.15) is 0 Å². The maximum absolute atomic E-state index is 4.65. The Labute approximate surface area is 131 Å². The fourth-order valence-electron chi connectivity index (χ4n) is 3.11. The van der Waals surface area contributed by atoms with Gasteiger partial charge in [-0.2, -0.15) is 5.10 Å². The molecule has 0 unspecified atom stereocenters. The SMILES string of the molecule is CNc1nccc([C@@H]2CCCCN2Cc2cnn(C)c2C)n1. The molecule has 3 rings (SSSR count). The molecule has 0 saturated carbocycles. The van der Waals surface area contributed by atoms with Gasteiger partial charge in [0.25, 0.3) is 0 Å². The molecule has 1 aliphatic heterocycles. The molecule has 1 aliphatic rings. The van der Waals surface area contributed by atoms with Gasteiger partial charge in [0, 0.05) is 38.1 Å². The van der Waals surface area contributed by atoms with Crippen molar-refractivity contribution in [1.82, 2.24) is 24.6 Å². The Kier molecular flexibility index (Phi) is 4.38. The summed E-state index contributed by atoms with van der Waals surface area (Å²) in [5.74, 6) is 0.695. The predicted molar refractivity (Wildman–Crippen MR) is 86.5 cm³/mol. The average Bonchev–Trinajstić information content (AvgIpc) is 2.87. The second-order valence-corrected chi connectivity index (χ2v) is 5.92. The van der Waals surface area contributed by atoms with E-state index < -0.39 is 0 Å². The van der Waals surface area contributed by atoms with E-state index in [1.165, 1.54) is 24.1 Å². The van der Waals surface area contributed by atoms with Crippen LogP contribution in [0.2, 0.25) is 0 Å². The summed E-state index contributed by atoms with van der Waals surface area (Å²) in [6.07, 6.45) is 7.49. The van der Waals surface area contributed by atoms with E-state index in [9.17, 15) is 0 Å². The van der Waals surface area contributed by atoms with Crippen LogP contribution in [0.1, 0.15) is 42.3 Å². The molecule has 2 aromatic heterocycles. The number of hydrogen-bond donors (Lipinski definition) is 1. The number of nitrogens with one attached hydrogen (secondary N) is 1. The van der Waals surface area contributed by atoms with Gasteiger partial charge in [-0.3, -0.25) is 9.58 Å². The van der Waals surface area contributed by atoms with Crippen molar-refractivity contribution in [2.24, 2.45) is 7.05 Å². The lowest BCUT2D eigenvalue weighted by Gasteiger charge is -2.35. The fraction of sp³-hybridized carbons (Fsp3) is 0.562. The van der Waals surface area contributed by atoms with E-state index in [0.29, 0.717) is 12.0 Å². The number of likely N-dealkylation sites (tertiary alicyclic amines) is 1. The lowest BCUT2D eigenvalue weighted by molar-refractivity contribution is 0.137. The van der Waals surface area contributed by atoms with Crippen molar-refractivity contribution >= 4 is 5.95 Å². The molecule has 0 aromatic carbocycles. The third kappa shape index (κ3) is 2.97. The first kappa shape index (κ1) is 15.0. The highest BCUT2D eigenvalue weighted by atomic mass is 15.3. The van der Waals surface area contributed by atoms with Gasteiger partial charge in [-0.05, 0) is 32.4 Å². The van der Waals surface area contributed by atoms with Crippen LogP contribution in [0.4, 0.5) is 5.95 Å². The lowest BCUT2D eigenvalue weighted by atomic mass is 9.98. The maximum atomic E-state index is 4.65. The van der Waals surface area contributed by atoms with Crippen molar-refractivity contribution in [3.05, 3.63) is 35.4 Å². The Bertz CT molecular complexity index is 635. The molecule has 6 heteroatoms. The van der Waals surface area contributed by atoms with E-state index in [4.69, 9.17) is 0 Å². The van der Waals surface area contributed by atoms with Crippen LogP contribution in [-0.2, 0) is 13.6 Å². The third-order valence-corrected chi connectivity index (χ3v) is 4.57. The Morgan fingerprint density at radius 2 is 2.23 bits per heavy atom. The van der Waals surface area contributed by atoms with Crippen LogP contribution in [0.3, 0.4) is 0 Å². The molecule has 2 aromatic rings. The number of nitrogens with zero attached hydrogens (tertiary/aromatic N) is 5. The lowest BCUT2D eigenvalue weighted by Crippen LogP contribution is -2.33. The first-order valence-electron chi connectivity index (χ1n) is 7.91. The number of piperidine rings is 1. The van der Waals surface area contributed by atoms with E-state index in [1.807, 2.05) is 37.2 Å². The summed E-state index contributed by atoms with van der Waals surface area (Å²) in [5, 5.41) is 7.39. The summed E-state index contributed by atoms with van der Waals surface area (Å²) in [6.45, 7) is 4.17. The second-order valence-electron chi connectivity index (χ2n) is 5.92. The smallest absolute Gasteiger partial charge is 0.222 e. The Morgan fingerprint density at radius 1 is 1.36 bits per heavy atom. The van der Waals surface area contributed by atoms with E-state index in [-0.39, 0.29) is 0 Å². The summed E-state index contributed by atoms with van der Waals surface area (Å²) >= 11 is 0. The van der Waals surface area contributed by atoms with Gasteiger partial charge in [0.05, 0.1) is 17.9 Å². The third-order valence-electron chi connectivity index (χ3n) is 4.57. The van der Waals surface area contributed by atoms with Crippen molar-refractivity contribution in [2.75, 3.05) is 18.9 Å². The van der Waals surface area contributed by atoms with Gasteiger partial charge in [-0.1, -0.05) is 6.42 Å². The molecular weight excluding hydrogens is 276 g/mol. The molecular formula is C16H24N6. The highest BCUT2D eigenvalue weighted by Gasteiger charge is 2.26. The minimum absolute atomic E-state index is 0.364. The number of hydrogen-bond acceptors (Lipinski definition) is 5. The Morgan fingerprint density at radius 3 is 2.95 bits per heavy atom. The van der Waals surface area contributed by atoms with Crippen LogP contribution >= 0.6 is 0 Å². The minimum atomic E-state index is 0.364. The first-order chi connectivity index (χ1) is 10.7. The van der Waals surface area contributed by atoms with E-state index in [0.717, 1.165) is 25.2 Å². The normalized spacial score (nSPS) is 19.3. The Balaban J connectivity index is 1.83. The van der Waals surface area contributed by atoms with Crippen molar-refractivity contribution in [2.45, 2.75) is 38.8 Å². The average molecular weight is 300 g/mol. The molecule has 1 atom stereocenters. The largest absolute Gasteiger partial charge is 0.357 e. The number of rotatable bonds is 4. The zero-order chi connectivity index (χ0) is 15.5. The van der Waals surface area contributed by atoms with Gasteiger partial charge < -0.3 is 5.32 Å². The minimum Gasteiger partial charge on any atom is -0.357 e. The van der Waals surface area contributed by atoms with Gasteiger partial charge in [-0.25, -0.2) is 9.97 Å². The molecule has 1 saturated heterocycles. The molecule has 1 fully saturated rings. The molecule has 0 amide bonds. The standard InChI is InChI=1S/C16H24N6/c1-12-13(10-19-21(12)3)11-22-9-5-4-6-15(22)14-7-8-18-16(17-2)20-14/h7-8,10,15H,4-6,9,11H2,1-3H3,(H,17,18,20)/t15-/m0/s1. The van der Waals surface area contributed by atoms with Gasteiger partial charge in [0.2, 0.25) is 5.95 Å². The molecule has 1 N–H and O–H groups in total. The zero-order valence-corrected chi connectivity index (χ0v) is 13.6.